The monoisotopic (exact) mass is 376 g/mol. The van der Waals surface area contributed by atoms with Crippen molar-refractivity contribution >= 4 is 26.0 Å². The lowest BCUT2D eigenvalue weighted by atomic mass is 10.0. The average molecular weight is 377 g/mol. The van der Waals surface area contributed by atoms with Gasteiger partial charge in [0.05, 0.1) is 4.90 Å². The molecule has 1 aliphatic heterocycles. The van der Waals surface area contributed by atoms with Crippen LogP contribution >= 0.6 is 15.9 Å². The Morgan fingerprint density at radius 3 is 2.67 bits per heavy atom. The van der Waals surface area contributed by atoms with E-state index in [9.17, 15) is 8.42 Å². The summed E-state index contributed by atoms with van der Waals surface area (Å²) in [6.07, 6.45) is 1.79. The van der Waals surface area contributed by atoms with Gasteiger partial charge in [-0.15, -0.1) is 0 Å². The average Bonchev–Trinajstić information content (AvgIpc) is 2.48. The molecule has 0 bridgehead atoms. The van der Waals surface area contributed by atoms with Crippen molar-refractivity contribution in [2.24, 2.45) is 11.7 Å². The van der Waals surface area contributed by atoms with Crippen LogP contribution in [0.4, 0.5) is 0 Å². The summed E-state index contributed by atoms with van der Waals surface area (Å²) >= 11 is 3.39. The predicted octanol–water partition coefficient (Wildman–Crippen LogP) is 1.92. The molecule has 0 radical (unpaired) electrons. The smallest absolute Gasteiger partial charge is 0.240 e. The first-order valence-corrected chi connectivity index (χ1v) is 9.28. The molecule has 0 aromatic heterocycles. The maximum absolute atomic E-state index is 12.5. The van der Waals surface area contributed by atoms with Crippen LogP contribution in [0.1, 0.15) is 24.0 Å². The van der Waals surface area contributed by atoms with Gasteiger partial charge in [0.25, 0.3) is 0 Å². The second-order valence-corrected chi connectivity index (χ2v) is 7.90. The van der Waals surface area contributed by atoms with Gasteiger partial charge in [0.2, 0.25) is 10.0 Å². The quantitative estimate of drug-likeness (QED) is 0.822. The minimum Gasteiger partial charge on any atom is -0.381 e. The van der Waals surface area contributed by atoms with E-state index in [2.05, 4.69) is 20.7 Å². The summed E-state index contributed by atoms with van der Waals surface area (Å²) in [5.41, 5.74) is 7.11. The minimum atomic E-state index is -3.52. The van der Waals surface area contributed by atoms with Gasteiger partial charge >= 0.3 is 0 Å². The van der Waals surface area contributed by atoms with Gasteiger partial charge in [-0.1, -0.05) is 15.9 Å². The van der Waals surface area contributed by atoms with Crippen molar-refractivity contribution in [1.29, 1.82) is 0 Å². The molecule has 1 aliphatic rings. The van der Waals surface area contributed by atoms with E-state index in [0.717, 1.165) is 22.9 Å². The third-order valence-electron chi connectivity index (χ3n) is 3.78. The summed E-state index contributed by atoms with van der Waals surface area (Å²) in [4.78, 5) is 0.296. The summed E-state index contributed by atoms with van der Waals surface area (Å²) in [7, 11) is -3.52. The lowest BCUT2D eigenvalue weighted by Gasteiger charge is -2.22. The fraction of sp³-hybridized carbons (Fsp3) is 0.571. The molecule has 0 aliphatic carbocycles. The molecule has 118 valence electrons. The summed E-state index contributed by atoms with van der Waals surface area (Å²) in [6, 6.07) is 3.50. The van der Waals surface area contributed by atoms with Gasteiger partial charge < -0.3 is 10.5 Å². The highest BCUT2D eigenvalue weighted by molar-refractivity contribution is 9.10. The van der Waals surface area contributed by atoms with Gasteiger partial charge in [-0.05, 0) is 48.9 Å². The molecule has 1 aromatic carbocycles. The normalized spacial score (nSPS) is 17.1. The van der Waals surface area contributed by atoms with Crippen molar-refractivity contribution in [3.05, 3.63) is 27.7 Å². The van der Waals surface area contributed by atoms with Crippen LogP contribution in [0.2, 0.25) is 0 Å². The number of sulfonamides is 1. The van der Waals surface area contributed by atoms with Crippen molar-refractivity contribution in [3.63, 3.8) is 0 Å². The Morgan fingerprint density at radius 1 is 1.38 bits per heavy atom. The molecule has 0 amide bonds. The van der Waals surface area contributed by atoms with Crippen molar-refractivity contribution in [2.45, 2.75) is 31.2 Å². The van der Waals surface area contributed by atoms with Crippen molar-refractivity contribution < 1.29 is 13.2 Å². The Balaban J connectivity index is 2.16. The zero-order valence-corrected chi connectivity index (χ0v) is 14.5. The minimum absolute atomic E-state index is 0.296. The highest BCUT2D eigenvalue weighted by Crippen LogP contribution is 2.26. The number of hydrogen-bond donors (Lipinski definition) is 2. The molecule has 1 fully saturated rings. The molecule has 7 heteroatoms. The zero-order valence-electron chi connectivity index (χ0n) is 12.1. The Labute approximate surface area is 134 Å². The summed E-state index contributed by atoms with van der Waals surface area (Å²) in [5.74, 6) is 0.343. The van der Waals surface area contributed by atoms with Gasteiger partial charge in [0.15, 0.2) is 0 Å². The lowest BCUT2D eigenvalue weighted by Crippen LogP contribution is -2.32. The van der Waals surface area contributed by atoms with Crippen LogP contribution in [-0.2, 0) is 21.3 Å². The molecule has 21 heavy (non-hydrogen) atoms. The first kappa shape index (κ1) is 16.9. The SMILES string of the molecule is Cc1c(Br)cc(CN)cc1S(=O)(=O)NCC1CCOCC1. The lowest BCUT2D eigenvalue weighted by molar-refractivity contribution is 0.0678. The predicted molar refractivity (Wildman–Crippen MR) is 85.5 cm³/mol. The second-order valence-electron chi connectivity index (χ2n) is 5.31. The van der Waals surface area contributed by atoms with Gasteiger partial charge in [-0.25, -0.2) is 13.1 Å². The first-order chi connectivity index (χ1) is 9.94. The Bertz CT molecular complexity index is 598. The van der Waals surface area contributed by atoms with Gasteiger partial charge in [0.1, 0.15) is 0 Å². The second kappa shape index (κ2) is 7.19. The molecule has 2 rings (SSSR count). The standard InChI is InChI=1S/C14H21BrN2O3S/c1-10-13(15)6-12(8-16)7-14(10)21(18,19)17-9-11-2-4-20-5-3-11/h6-7,11,17H,2-5,8-9,16H2,1H3. The van der Waals surface area contributed by atoms with Crippen LogP contribution in [0.25, 0.3) is 0 Å². The fourth-order valence-corrected chi connectivity index (χ4v) is 4.43. The Morgan fingerprint density at radius 2 is 2.05 bits per heavy atom. The first-order valence-electron chi connectivity index (χ1n) is 7.00. The van der Waals surface area contributed by atoms with E-state index in [1.165, 1.54) is 0 Å². The number of nitrogens with two attached hydrogens (primary N) is 1. The molecule has 1 aromatic rings. The number of nitrogens with one attached hydrogen (secondary N) is 1. The molecule has 0 spiro atoms. The van der Waals surface area contributed by atoms with E-state index in [0.29, 0.717) is 42.7 Å². The van der Waals surface area contributed by atoms with Crippen molar-refractivity contribution in [2.75, 3.05) is 19.8 Å². The summed E-state index contributed by atoms with van der Waals surface area (Å²) in [5, 5.41) is 0. The third-order valence-corrected chi connectivity index (χ3v) is 6.16. The van der Waals surface area contributed by atoms with Crippen LogP contribution in [-0.4, -0.2) is 28.2 Å². The van der Waals surface area contributed by atoms with Crippen LogP contribution in [0, 0.1) is 12.8 Å². The molecule has 3 N–H and O–H groups in total. The molecule has 5 nitrogen and oxygen atoms in total. The maximum Gasteiger partial charge on any atom is 0.240 e. The molecule has 1 saturated heterocycles. The van der Waals surface area contributed by atoms with E-state index in [1.54, 1.807) is 13.0 Å². The Kier molecular flexibility index (Phi) is 5.79. The summed E-state index contributed by atoms with van der Waals surface area (Å²) in [6.45, 7) is 3.96. The maximum atomic E-state index is 12.5. The topological polar surface area (TPSA) is 81.4 Å². The van der Waals surface area contributed by atoms with Crippen LogP contribution in [0.3, 0.4) is 0 Å². The van der Waals surface area contributed by atoms with Crippen LogP contribution in [0.15, 0.2) is 21.5 Å². The number of benzene rings is 1. The van der Waals surface area contributed by atoms with E-state index >= 15 is 0 Å². The third kappa shape index (κ3) is 4.26. The van der Waals surface area contributed by atoms with Gasteiger partial charge in [-0.3, -0.25) is 0 Å². The fourth-order valence-electron chi connectivity index (χ4n) is 2.36. The molecular weight excluding hydrogens is 356 g/mol. The number of halogens is 1. The molecule has 0 unspecified atom stereocenters. The highest BCUT2D eigenvalue weighted by atomic mass is 79.9. The largest absolute Gasteiger partial charge is 0.381 e. The molecule has 1 heterocycles. The molecule has 0 atom stereocenters. The highest BCUT2D eigenvalue weighted by Gasteiger charge is 2.22. The van der Waals surface area contributed by atoms with Gasteiger partial charge in [-0.2, -0.15) is 0 Å². The van der Waals surface area contributed by atoms with Gasteiger partial charge in [0, 0.05) is 30.8 Å². The van der Waals surface area contributed by atoms with E-state index in [-0.39, 0.29) is 0 Å². The van der Waals surface area contributed by atoms with Crippen LogP contribution < -0.4 is 10.5 Å². The van der Waals surface area contributed by atoms with Crippen molar-refractivity contribution in [3.8, 4) is 0 Å². The number of ether oxygens (including phenoxy) is 1. The van der Waals surface area contributed by atoms with Crippen molar-refractivity contribution in [1.82, 2.24) is 4.72 Å². The zero-order chi connectivity index (χ0) is 15.5. The number of hydrogen-bond acceptors (Lipinski definition) is 4. The van der Waals surface area contributed by atoms with Crippen LogP contribution in [0.5, 0.6) is 0 Å². The molecule has 0 saturated carbocycles. The molecular formula is C14H21BrN2O3S. The Hall–Kier alpha value is -0.470. The number of rotatable bonds is 5. The van der Waals surface area contributed by atoms with E-state index in [1.807, 2.05) is 6.07 Å². The van der Waals surface area contributed by atoms with E-state index < -0.39 is 10.0 Å². The van der Waals surface area contributed by atoms with E-state index in [4.69, 9.17) is 10.5 Å². The summed E-state index contributed by atoms with van der Waals surface area (Å²) < 4.78 is 33.8.